The molecule has 1 atom stereocenters. The molecule has 0 aromatic heterocycles. The predicted molar refractivity (Wildman–Crippen MR) is 61.2 cm³/mol. The molecule has 2 nitrogen and oxygen atoms in total. The minimum atomic E-state index is -0.811. The second-order valence-corrected chi connectivity index (χ2v) is 3.82. The fourth-order valence-corrected chi connectivity index (χ4v) is 1.44. The third kappa shape index (κ3) is 2.15. The van der Waals surface area contributed by atoms with Crippen LogP contribution in [0.2, 0.25) is 0 Å². The van der Waals surface area contributed by atoms with Crippen molar-refractivity contribution in [3.05, 3.63) is 23.8 Å². The van der Waals surface area contributed by atoms with Gasteiger partial charge < -0.3 is 9.47 Å². The van der Waals surface area contributed by atoms with Gasteiger partial charge in [-0.25, -0.2) is 0 Å². The molecule has 0 aliphatic carbocycles. The molecule has 1 aliphatic heterocycles. The van der Waals surface area contributed by atoms with E-state index in [0.29, 0.717) is 0 Å². The van der Waals surface area contributed by atoms with Crippen LogP contribution in [0.3, 0.4) is 0 Å². The van der Waals surface area contributed by atoms with E-state index < -0.39 is 5.12 Å². The molecule has 1 unspecified atom stereocenters. The summed E-state index contributed by atoms with van der Waals surface area (Å²) in [5.74, 6) is 1.57. The van der Waals surface area contributed by atoms with Crippen molar-refractivity contribution in [1.29, 1.82) is 0 Å². The molecule has 0 amide bonds. The van der Waals surface area contributed by atoms with E-state index >= 15 is 0 Å². The third-order valence-corrected chi connectivity index (χ3v) is 1.95. The first-order valence-electron chi connectivity index (χ1n) is 4.78. The van der Waals surface area contributed by atoms with Crippen molar-refractivity contribution < 1.29 is 9.47 Å². The van der Waals surface area contributed by atoms with Crippen LogP contribution in [-0.4, -0.2) is 5.12 Å². The van der Waals surface area contributed by atoms with Crippen LogP contribution in [0.1, 0.15) is 26.3 Å². The highest BCUT2D eigenvalue weighted by Gasteiger charge is 2.33. The molecular weight excluding hydrogens is 196 g/mol. The molecule has 0 saturated carbocycles. The van der Waals surface area contributed by atoms with Gasteiger partial charge in [-0.1, -0.05) is 38.6 Å². The van der Waals surface area contributed by atoms with Crippen molar-refractivity contribution in [3.8, 4) is 11.5 Å². The number of benzene rings is 1. The number of ether oxygens (including phenoxy) is 2. The van der Waals surface area contributed by atoms with Crippen molar-refractivity contribution >= 4 is 12.6 Å². The van der Waals surface area contributed by atoms with Gasteiger partial charge in [0.05, 0.1) is 0 Å². The van der Waals surface area contributed by atoms with E-state index in [1.165, 1.54) is 0 Å². The van der Waals surface area contributed by atoms with Crippen molar-refractivity contribution in [1.82, 2.24) is 0 Å². The first-order valence-corrected chi connectivity index (χ1v) is 5.23. The summed E-state index contributed by atoms with van der Waals surface area (Å²) in [5, 5.41) is -0.811. The fourth-order valence-electron chi connectivity index (χ4n) is 1.25. The molecule has 0 radical (unpaired) electrons. The molecule has 0 bridgehead atoms. The van der Waals surface area contributed by atoms with Crippen LogP contribution >= 0.6 is 12.6 Å². The maximum absolute atomic E-state index is 5.47. The van der Waals surface area contributed by atoms with Crippen LogP contribution in [0.4, 0.5) is 0 Å². The molecule has 1 aliphatic rings. The third-order valence-electron chi connectivity index (χ3n) is 1.77. The van der Waals surface area contributed by atoms with Crippen LogP contribution < -0.4 is 9.47 Å². The van der Waals surface area contributed by atoms with Gasteiger partial charge in [-0.2, -0.15) is 0 Å². The molecule has 3 heteroatoms. The average molecular weight is 212 g/mol. The topological polar surface area (TPSA) is 18.5 Å². The molecular formula is C11H16O2S. The van der Waals surface area contributed by atoms with E-state index in [4.69, 9.17) is 9.47 Å². The van der Waals surface area contributed by atoms with Gasteiger partial charge in [-0.3, -0.25) is 0 Å². The van der Waals surface area contributed by atoms with E-state index in [0.717, 1.165) is 17.1 Å². The number of para-hydroxylation sites is 1. The Kier molecular flexibility index (Phi) is 3.32. The Hall–Kier alpha value is -0.830. The highest BCUT2D eigenvalue weighted by atomic mass is 32.1. The summed E-state index contributed by atoms with van der Waals surface area (Å²) in [6.07, 6.45) is 0. The lowest BCUT2D eigenvalue weighted by molar-refractivity contribution is 0.0323. The summed E-state index contributed by atoms with van der Waals surface area (Å²) in [4.78, 5) is 0. The zero-order valence-electron chi connectivity index (χ0n) is 9.00. The number of thiol groups is 1. The average Bonchev–Trinajstić information content (AvgIpc) is 2.45. The fraction of sp³-hybridized carbons (Fsp3) is 0.455. The smallest absolute Gasteiger partial charge is 0.295 e. The summed E-state index contributed by atoms with van der Waals surface area (Å²) in [6.45, 7) is 7.76. The van der Waals surface area contributed by atoms with Crippen LogP contribution in [0, 0.1) is 6.92 Å². The largest absolute Gasteiger partial charge is 0.440 e. The number of hydrogen-bond acceptors (Lipinski definition) is 3. The molecule has 0 spiro atoms. The van der Waals surface area contributed by atoms with Crippen molar-refractivity contribution in [2.75, 3.05) is 0 Å². The summed E-state index contributed by atoms with van der Waals surface area (Å²) in [5.41, 5.74) is 1.07. The lowest BCUT2D eigenvalue weighted by Crippen LogP contribution is -2.26. The second-order valence-electron chi connectivity index (χ2n) is 3.00. The highest BCUT2D eigenvalue weighted by Crippen LogP contribution is 2.42. The monoisotopic (exact) mass is 212 g/mol. The van der Waals surface area contributed by atoms with Gasteiger partial charge in [0.1, 0.15) is 0 Å². The van der Waals surface area contributed by atoms with Gasteiger partial charge in [0.15, 0.2) is 11.5 Å². The van der Waals surface area contributed by atoms with Gasteiger partial charge in [0, 0.05) is 6.92 Å². The van der Waals surface area contributed by atoms with Crippen LogP contribution in [-0.2, 0) is 0 Å². The number of hydrogen-bond donors (Lipinski definition) is 1. The Morgan fingerprint density at radius 3 is 2.43 bits per heavy atom. The van der Waals surface area contributed by atoms with E-state index in [1.54, 1.807) is 6.92 Å². The van der Waals surface area contributed by atoms with Gasteiger partial charge in [-0.05, 0) is 18.6 Å². The Balaban J connectivity index is 0.000000461. The van der Waals surface area contributed by atoms with E-state index in [9.17, 15) is 0 Å². The lowest BCUT2D eigenvalue weighted by atomic mass is 10.2. The molecule has 0 N–H and O–H groups in total. The number of rotatable bonds is 0. The van der Waals surface area contributed by atoms with Gasteiger partial charge in [0.2, 0.25) is 0 Å². The maximum atomic E-state index is 5.47. The minimum Gasteiger partial charge on any atom is -0.440 e. The molecule has 0 saturated heterocycles. The quantitative estimate of drug-likeness (QED) is 0.664. The molecule has 1 aromatic rings. The zero-order valence-corrected chi connectivity index (χ0v) is 9.89. The lowest BCUT2D eigenvalue weighted by Gasteiger charge is -2.14. The van der Waals surface area contributed by atoms with Crippen molar-refractivity contribution in [2.45, 2.75) is 32.8 Å². The molecule has 78 valence electrons. The Morgan fingerprint density at radius 2 is 1.86 bits per heavy atom. The molecule has 0 fully saturated rings. The number of aryl methyl sites for hydroxylation is 1. The van der Waals surface area contributed by atoms with Crippen LogP contribution in [0.25, 0.3) is 0 Å². The van der Waals surface area contributed by atoms with Crippen LogP contribution in [0.5, 0.6) is 11.5 Å². The molecule has 2 rings (SSSR count). The predicted octanol–water partition coefficient (Wildman–Crippen LogP) is 3.40. The van der Waals surface area contributed by atoms with E-state index in [1.807, 2.05) is 39.0 Å². The summed E-state index contributed by atoms with van der Waals surface area (Å²) >= 11 is 4.20. The Bertz CT molecular complexity index is 321. The minimum absolute atomic E-state index is 0.771. The van der Waals surface area contributed by atoms with Gasteiger partial charge >= 0.3 is 0 Å². The maximum Gasteiger partial charge on any atom is 0.295 e. The van der Waals surface area contributed by atoms with Crippen molar-refractivity contribution in [2.24, 2.45) is 0 Å². The summed E-state index contributed by atoms with van der Waals surface area (Å²) in [7, 11) is 0. The first-order chi connectivity index (χ1) is 6.58. The molecule has 1 heterocycles. The van der Waals surface area contributed by atoms with Gasteiger partial charge in [-0.15, -0.1) is 0 Å². The molecule has 1 aromatic carbocycles. The normalized spacial score (nSPS) is 22.6. The Labute approximate surface area is 90.6 Å². The van der Waals surface area contributed by atoms with Crippen molar-refractivity contribution in [3.63, 3.8) is 0 Å². The first kappa shape index (κ1) is 11.2. The highest BCUT2D eigenvalue weighted by molar-refractivity contribution is 7.81. The summed E-state index contributed by atoms with van der Waals surface area (Å²) in [6, 6.07) is 5.80. The second kappa shape index (κ2) is 4.13. The summed E-state index contributed by atoms with van der Waals surface area (Å²) < 4.78 is 10.9. The SMILES string of the molecule is CC.Cc1cccc2c1OC(C)(S)O2. The van der Waals surface area contributed by atoms with E-state index in [2.05, 4.69) is 12.6 Å². The zero-order chi connectivity index (χ0) is 10.8. The standard InChI is InChI=1S/C9H10O2S.C2H6/c1-6-4-3-5-7-8(6)11-9(2,12)10-7;1-2/h3-5,12H,1-2H3;1-2H3. The van der Waals surface area contributed by atoms with Crippen LogP contribution in [0.15, 0.2) is 18.2 Å². The van der Waals surface area contributed by atoms with Gasteiger partial charge in [0.25, 0.3) is 5.12 Å². The Morgan fingerprint density at radius 1 is 1.21 bits per heavy atom. The molecule has 14 heavy (non-hydrogen) atoms. The van der Waals surface area contributed by atoms with E-state index in [-0.39, 0.29) is 0 Å². The number of fused-ring (bicyclic) bond motifs is 1.